The molecule has 0 aromatic heterocycles. The van der Waals surface area contributed by atoms with Crippen LogP contribution in [0.5, 0.6) is 0 Å². The van der Waals surface area contributed by atoms with Gasteiger partial charge in [0.05, 0.1) is 6.04 Å². The number of likely N-dealkylation sites (N-methyl/N-ethyl adjacent to an activating group) is 1. The van der Waals surface area contributed by atoms with Gasteiger partial charge in [-0.05, 0) is 27.0 Å². The summed E-state index contributed by atoms with van der Waals surface area (Å²) >= 11 is 0. The number of nitrogens with zero attached hydrogens (tertiary/aromatic N) is 1. The summed E-state index contributed by atoms with van der Waals surface area (Å²) in [5.41, 5.74) is 0.618. The Bertz CT molecular complexity index is 414. The molecule has 4 heteroatoms. The van der Waals surface area contributed by atoms with Crippen molar-refractivity contribution in [1.29, 1.82) is 0 Å². The van der Waals surface area contributed by atoms with E-state index in [2.05, 4.69) is 29.4 Å². The van der Waals surface area contributed by atoms with Crippen molar-refractivity contribution in [3.63, 3.8) is 0 Å². The first-order valence-electron chi connectivity index (χ1n) is 6.95. The van der Waals surface area contributed by atoms with E-state index in [-0.39, 0.29) is 17.4 Å². The van der Waals surface area contributed by atoms with E-state index in [4.69, 9.17) is 0 Å². The van der Waals surface area contributed by atoms with Crippen molar-refractivity contribution in [2.45, 2.75) is 25.4 Å². The smallest absolute Gasteiger partial charge is 0.128 e. The van der Waals surface area contributed by atoms with Crippen molar-refractivity contribution in [2.24, 2.45) is 0 Å². The summed E-state index contributed by atoms with van der Waals surface area (Å²) in [6.07, 6.45) is 0. The summed E-state index contributed by atoms with van der Waals surface area (Å²) < 4.78 is 14.1. The van der Waals surface area contributed by atoms with Crippen LogP contribution in [0.2, 0.25) is 0 Å². The van der Waals surface area contributed by atoms with Gasteiger partial charge in [-0.3, -0.25) is 4.90 Å². The lowest BCUT2D eigenvalue weighted by molar-refractivity contribution is 0.0687. The summed E-state index contributed by atoms with van der Waals surface area (Å²) in [7, 11) is 1.90. The quantitative estimate of drug-likeness (QED) is 0.869. The molecule has 1 aliphatic heterocycles. The Hall–Kier alpha value is -0.970. The van der Waals surface area contributed by atoms with Gasteiger partial charge in [0.15, 0.2) is 0 Å². The zero-order valence-corrected chi connectivity index (χ0v) is 12.0. The van der Waals surface area contributed by atoms with Gasteiger partial charge in [0.2, 0.25) is 0 Å². The molecular formula is C15H24FN3. The molecular weight excluding hydrogens is 241 g/mol. The topological polar surface area (TPSA) is 27.3 Å². The Kier molecular flexibility index (Phi) is 4.55. The maximum absolute atomic E-state index is 14.1. The van der Waals surface area contributed by atoms with Crippen molar-refractivity contribution in [3.8, 4) is 0 Å². The van der Waals surface area contributed by atoms with Crippen molar-refractivity contribution in [3.05, 3.63) is 35.6 Å². The van der Waals surface area contributed by atoms with Crippen LogP contribution in [0.15, 0.2) is 24.3 Å². The van der Waals surface area contributed by atoms with Crippen molar-refractivity contribution in [2.75, 3.05) is 33.2 Å². The summed E-state index contributed by atoms with van der Waals surface area (Å²) in [6, 6.07) is 7.03. The molecule has 0 saturated carbocycles. The van der Waals surface area contributed by atoms with Crippen LogP contribution in [0.1, 0.15) is 25.5 Å². The zero-order chi connectivity index (χ0) is 13.9. The third kappa shape index (κ3) is 2.96. The van der Waals surface area contributed by atoms with Crippen LogP contribution in [0.3, 0.4) is 0 Å². The highest BCUT2D eigenvalue weighted by Crippen LogP contribution is 2.32. The Labute approximate surface area is 115 Å². The van der Waals surface area contributed by atoms with Gasteiger partial charge in [-0.15, -0.1) is 0 Å². The van der Waals surface area contributed by atoms with Gasteiger partial charge in [-0.2, -0.15) is 0 Å². The molecule has 0 bridgehead atoms. The average Bonchev–Trinajstić information content (AvgIpc) is 2.42. The minimum absolute atomic E-state index is 0.0215. The van der Waals surface area contributed by atoms with Gasteiger partial charge in [-0.25, -0.2) is 4.39 Å². The molecule has 19 heavy (non-hydrogen) atoms. The summed E-state index contributed by atoms with van der Waals surface area (Å²) in [4.78, 5) is 2.43. The van der Waals surface area contributed by atoms with Crippen molar-refractivity contribution >= 4 is 0 Å². The third-order valence-corrected chi connectivity index (χ3v) is 4.14. The molecule has 1 aromatic carbocycles. The maximum Gasteiger partial charge on any atom is 0.128 e. The lowest BCUT2D eigenvalue weighted by Gasteiger charge is -2.46. The first-order chi connectivity index (χ1) is 9.07. The summed E-state index contributed by atoms with van der Waals surface area (Å²) in [6.45, 7) is 8.37. The van der Waals surface area contributed by atoms with Crippen LogP contribution in [0.4, 0.5) is 4.39 Å². The fraction of sp³-hybridized carbons (Fsp3) is 0.600. The van der Waals surface area contributed by atoms with E-state index in [1.165, 1.54) is 6.07 Å². The Morgan fingerprint density at radius 3 is 2.47 bits per heavy atom. The lowest BCUT2D eigenvalue weighted by Crippen LogP contribution is -2.58. The number of halogens is 1. The van der Waals surface area contributed by atoms with Gasteiger partial charge in [-0.1, -0.05) is 18.2 Å². The summed E-state index contributed by atoms with van der Waals surface area (Å²) in [5.74, 6) is -0.134. The van der Waals surface area contributed by atoms with E-state index >= 15 is 0 Å². The molecule has 1 heterocycles. The van der Waals surface area contributed by atoms with Crippen LogP contribution in [0.25, 0.3) is 0 Å². The largest absolute Gasteiger partial charge is 0.314 e. The van der Waals surface area contributed by atoms with Crippen molar-refractivity contribution in [1.82, 2.24) is 15.5 Å². The van der Waals surface area contributed by atoms with Crippen LogP contribution in [-0.4, -0.2) is 43.7 Å². The molecule has 0 amide bonds. The standard InChI is InChI=1S/C15H24FN3/c1-15(2,19-10-8-18-9-11-19)14(17-3)12-6-4-5-7-13(12)16/h4-7,14,17-18H,8-11H2,1-3H3. The van der Waals surface area contributed by atoms with Gasteiger partial charge < -0.3 is 10.6 Å². The highest BCUT2D eigenvalue weighted by molar-refractivity contribution is 5.24. The fourth-order valence-corrected chi connectivity index (χ4v) is 3.02. The number of benzene rings is 1. The molecule has 0 spiro atoms. The second-order valence-corrected chi connectivity index (χ2v) is 5.63. The normalized spacial score (nSPS) is 19.4. The first kappa shape index (κ1) is 14.4. The Morgan fingerprint density at radius 1 is 1.26 bits per heavy atom. The van der Waals surface area contributed by atoms with E-state index in [9.17, 15) is 4.39 Å². The average molecular weight is 265 g/mol. The molecule has 1 unspecified atom stereocenters. The zero-order valence-electron chi connectivity index (χ0n) is 12.0. The molecule has 3 nitrogen and oxygen atoms in total. The second kappa shape index (κ2) is 5.99. The number of hydrogen-bond acceptors (Lipinski definition) is 3. The summed E-state index contributed by atoms with van der Waals surface area (Å²) in [5, 5.41) is 6.65. The minimum Gasteiger partial charge on any atom is -0.314 e. The monoisotopic (exact) mass is 265 g/mol. The van der Waals surface area contributed by atoms with Crippen LogP contribution < -0.4 is 10.6 Å². The fourth-order valence-electron chi connectivity index (χ4n) is 3.02. The number of piperazine rings is 1. The predicted octanol–water partition coefficient (Wildman–Crippen LogP) is 1.77. The Balaban J connectivity index is 2.27. The molecule has 0 radical (unpaired) electrons. The molecule has 1 atom stereocenters. The van der Waals surface area contributed by atoms with E-state index in [1.807, 2.05) is 19.2 Å². The van der Waals surface area contributed by atoms with E-state index in [0.717, 1.165) is 31.7 Å². The molecule has 1 aliphatic rings. The van der Waals surface area contributed by atoms with Gasteiger partial charge in [0, 0.05) is 37.3 Å². The first-order valence-corrected chi connectivity index (χ1v) is 6.95. The maximum atomic E-state index is 14.1. The van der Waals surface area contributed by atoms with Crippen molar-refractivity contribution < 1.29 is 4.39 Å². The highest BCUT2D eigenvalue weighted by Gasteiger charge is 2.37. The van der Waals surface area contributed by atoms with Crippen LogP contribution >= 0.6 is 0 Å². The van der Waals surface area contributed by atoms with Gasteiger partial charge in [0.1, 0.15) is 5.82 Å². The van der Waals surface area contributed by atoms with Gasteiger partial charge in [0.25, 0.3) is 0 Å². The van der Waals surface area contributed by atoms with Crippen LogP contribution in [0, 0.1) is 5.82 Å². The molecule has 0 aliphatic carbocycles. The van der Waals surface area contributed by atoms with E-state index in [0.29, 0.717) is 0 Å². The molecule has 1 fully saturated rings. The minimum atomic E-state index is -0.134. The molecule has 1 aromatic rings. The number of hydrogen-bond donors (Lipinski definition) is 2. The number of rotatable bonds is 4. The highest BCUT2D eigenvalue weighted by atomic mass is 19.1. The number of nitrogens with one attached hydrogen (secondary N) is 2. The van der Waals surface area contributed by atoms with Gasteiger partial charge >= 0.3 is 0 Å². The molecule has 2 rings (SSSR count). The molecule has 2 N–H and O–H groups in total. The third-order valence-electron chi connectivity index (χ3n) is 4.14. The SMILES string of the molecule is CNC(c1ccccc1F)C(C)(C)N1CCNCC1. The second-order valence-electron chi connectivity index (χ2n) is 5.63. The predicted molar refractivity (Wildman–Crippen MR) is 76.7 cm³/mol. The van der Waals surface area contributed by atoms with E-state index in [1.54, 1.807) is 6.07 Å². The van der Waals surface area contributed by atoms with Crippen LogP contribution in [-0.2, 0) is 0 Å². The molecule has 106 valence electrons. The molecule has 1 saturated heterocycles. The lowest BCUT2D eigenvalue weighted by atomic mass is 9.86. The van der Waals surface area contributed by atoms with E-state index < -0.39 is 0 Å². The Morgan fingerprint density at radius 2 is 1.89 bits per heavy atom.